The predicted molar refractivity (Wildman–Crippen MR) is 139 cm³/mol. The van der Waals surface area contributed by atoms with Crippen molar-refractivity contribution in [3.8, 4) is 5.75 Å². The van der Waals surface area contributed by atoms with Crippen LogP contribution in [0.15, 0.2) is 47.4 Å². The maximum absolute atomic E-state index is 12.3. The number of nitrogen functional groups attached to an aromatic ring is 1. The highest BCUT2D eigenvalue weighted by molar-refractivity contribution is 7.45. The molecule has 0 spiro atoms. The first-order valence-electron chi connectivity index (χ1n) is 11.6. The molecule has 3 atom stereocenters. The van der Waals surface area contributed by atoms with Crippen LogP contribution in [0.4, 0.5) is 5.82 Å². The molecule has 0 saturated heterocycles. The predicted octanol–water partition coefficient (Wildman–Crippen LogP) is 2.87. The van der Waals surface area contributed by atoms with Crippen LogP contribution >= 0.6 is 8.53 Å². The number of rotatable bonds is 14. The van der Waals surface area contributed by atoms with E-state index in [0.717, 1.165) is 7.11 Å². The number of benzene rings is 1. The summed E-state index contributed by atoms with van der Waals surface area (Å²) in [5.74, 6) is 0.383. The lowest BCUT2D eigenvalue weighted by Gasteiger charge is -2.33. The van der Waals surface area contributed by atoms with Crippen molar-refractivity contribution in [1.82, 2.24) is 14.6 Å². The molecule has 0 radical (unpaired) electrons. The van der Waals surface area contributed by atoms with Gasteiger partial charge in [-0.15, -0.1) is 0 Å². The van der Waals surface area contributed by atoms with Crippen LogP contribution < -0.4 is 21.0 Å². The van der Waals surface area contributed by atoms with E-state index in [1.54, 1.807) is 52.3 Å². The van der Waals surface area contributed by atoms with E-state index in [4.69, 9.17) is 29.4 Å². The molecule has 11 nitrogen and oxygen atoms in total. The first-order valence-corrected chi connectivity index (χ1v) is 12.8. The Morgan fingerprint density at radius 2 is 1.89 bits per heavy atom. The van der Waals surface area contributed by atoms with Crippen LogP contribution in [-0.4, -0.2) is 59.2 Å². The van der Waals surface area contributed by atoms with Gasteiger partial charge in [0.15, 0.2) is 0 Å². The van der Waals surface area contributed by atoms with Gasteiger partial charge in [0.1, 0.15) is 17.6 Å². The average Bonchev–Trinajstić information content (AvgIpc) is 2.86. The molecule has 0 bridgehead atoms. The topological polar surface area (TPSA) is 147 Å². The number of nitrogens with zero attached hydrogens (tertiary/aromatic N) is 2. The fourth-order valence-corrected chi connectivity index (χ4v) is 4.25. The van der Waals surface area contributed by atoms with Crippen LogP contribution in [0.3, 0.4) is 0 Å². The van der Waals surface area contributed by atoms with Crippen LogP contribution in [0.1, 0.15) is 40.5 Å². The molecule has 4 N–H and O–H groups in total. The van der Waals surface area contributed by atoms with Gasteiger partial charge in [-0.1, -0.05) is 25.1 Å². The van der Waals surface area contributed by atoms with Gasteiger partial charge < -0.3 is 29.4 Å². The number of hydrogen-bond acceptors (Lipinski definition) is 10. The monoisotopic (exact) mass is 526 g/mol. The van der Waals surface area contributed by atoms with E-state index in [9.17, 15) is 9.59 Å². The van der Waals surface area contributed by atoms with Crippen LogP contribution in [-0.2, 0) is 25.3 Å². The molecule has 2 rings (SSSR count). The molecule has 1 aromatic heterocycles. The Morgan fingerprint density at radius 1 is 1.22 bits per heavy atom. The molecule has 12 heteroatoms. The van der Waals surface area contributed by atoms with Gasteiger partial charge in [0.25, 0.3) is 0 Å². The number of esters is 1. The van der Waals surface area contributed by atoms with Gasteiger partial charge in [-0.05, 0) is 51.8 Å². The van der Waals surface area contributed by atoms with E-state index >= 15 is 0 Å². The van der Waals surface area contributed by atoms with Crippen molar-refractivity contribution in [2.75, 3.05) is 26.6 Å². The lowest BCUT2D eigenvalue weighted by Crippen LogP contribution is -2.40. The molecule has 1 aromatic carbocycles. The van der Waals surface area contributed by atoms with Crippen molar-refractivity contribution in [3.63, 3.8) is 0 Å². The summed E-state index contributed by atoms with van der Waals surface area (Å²) in [4.78, 5) is 28.2. The number of ether oxygens (including phenoxy) is 2. The van der Waals surface area contributed by atoms with Crippen molar-refractivity contribution in [2.45, 2.75) is 64.8 Å². The van der Waals surface area contributed by atoms with Gasteiger partial charge >= 0.3 is 20.2 Å². The van der Waals surface area contributed by atoms with E-state index in [1.807, 2.05) is 25.1 Å². The minimum absolute atomic E-state index is 0.175. The minimum atomic E-state index is -1.71. The van der Waals surface area contributed by atoms with E-state index in [-0.39, 0.29) is 18.5 Å². The van der Waals surface area contributed by atoms with Gasteiger partial charge in [0, 0.05) is 27.0 Å². The molecule has 0 amide bonds. The maximum atomic E-state index is 12.3. The number of aliphatic hydroxyl groups is 1. The summed E-state index contributed by atoms with van der Waals surface area (Å²) < 4.78 is 24.7. The minimum Gasteiger partial charge on any atom is -0.462 e. The second kappa shape index (κ2) is 16.2. The number of aryl methyl sites for hydroxylation is 1. The molecule has 202 valence electrons. The molecule has 0 saturated carbocycles. The summed E-state index contributed by atoms with van der Waals surface area (Å²) >= 11 is 0. The SMILES string of the molecule is CC[C@](CCn1ccc(N)nc1=O)(CO[P@](NC(C)C(=O)OC(C)C)Oc1ccccc1)OC.CO. The van der Waals surface area contributed by atoms with E-state index in [0.29, 0.717) is 25.1 Å². The zero-order valence-electron chi connectivity index (χ0n) is 21.8. The number of nitrogens with two attached hydrogens (primary N) is 1. The molecule has 2 aromatic rings. The van der Waals surface area contributed by atoms with Crippen molar-refractivity contribution < 1.29 is 28.4 Å². The number of carbonyl (C=O) groups excluding carboxylic acids is 1. The lowest BCUT2D eigenvalue weighted by atomic mass is 9.97. The van der Waals surface area contributed by atoms with Gasteiger partial charge in [-0.25, -0.2) is 9.88 Å². The zero-order valence-corrected chi connectivity index (χ0v) is 22.7. The molecule has 0 fully saturated rings. The smallest absolute Gasteiger partial charge is 0.349 e. The number of carbonyl (C=O) groups is 1. The summed E-state index contributed by atoms with van der Waals surface area (Å²) in [6, 6.07) is 10.1. The third kappa shape index (κ3) is 10.6. The summed E-state index contributed by atoms with van der Waals surface area (Å²) in [6.07, 6.45) is 2.49. The Hall–Kier alpha value is -2.56. The molecule has 0 aliphatic heterocycles. The Kier molecular flexibility index (Phi) is 14.2. The third-order valence-corrected chi connectivity index (χ3v) is 6.50. The number of nitrogens with one attached hydrogen (secondary N) is 1. The summed E-state index contributed by atoms with van der Waals surface area (Å²) in [6.45, 7) is 7.81. The third-order valence-electron chi connectivity index (χ3n) is 5.16. The summed E-state index contributed by atoms with van der Waals surface area (Å²) in [5.41, 5.74) is 4.46. The van der Waals surface area contributed by atoms with Crippen LogP contribution in [0.2, 0.25) is 0 Å². The van der Waals surface area contributed by atoms with Crippen molar-refractivity contribution in [3.05, 3.63) is 53.1 Å². The Bertz CT molecular complexity index is 955. The first-order chi connectivity index (χ1) is 17.2. The van der Waals surface area contributed by atoms with Gasteiger partial charge in [0.05, 0.1) is 18.3 Å². The maximum Gasteiger partial charge on any atom is 0.349 e. The molecular formula is C24H39N4O7P. The molecule has 0 aliphatic carbocycles. The van der Waals surface area contributed by atoms with Crippen molar-refractivity contribution in [1.29, 1.82) is 0 Å². The molecule has 1 unspecified atom stereocenters. The highest BCUT2D eigenvalue weighted by atomic mass is 31.2. The Morgan fingerprint density at radius 3 is 2.44 bits per heavy atom. The van der Waals surface area contributed by atoms with Crippen molar-refractivity contribution in [2.24, 2.45) is 0 Å². The lowest BCUT2D eigenvalue weighted by molar-refractivity contribution is -0.149. The fraction of sp³-hybridized carbons (Fsp3) is 0.542. The summed E-state index contributed by atoms with van der Waals surface area (Å²) in [7, 11) is 0.891. The summed E-state index contributed by atoms with van der Waals surface area (Å²) in [5, 5.41) is 10.1. The molecule has 36 heavy (non-hydrogen) atoms. The highest BCUT2D eigenvalue weighted by Gasteiger charge is 2.32. The van der Waals surface area contributed by atoms with Crippen LogP contribution in [0, 0.1) is 0 Å². The average molecular weight is 527 g/mol. The Labute approximate surface area is 213 Å². The molecular weight excluding hydrogens is 487 g/mol. The van der Waals surface area contributed by atoms with E-state index in [1.165, 1.54) is 4.57 Å². The number of anilines is 1. The van der Waals surface area contributed by atoms with E-state index < -0.39 is 31.8 Å². The fourth-order valence-electron chi connectivity index (χ4n) is 2.98. The number of hydrogen-bond donors (Lipinski definition) is 3. The van der Waals surface area contributed by atoms with Crippen LogP contribution in [0.5, 0.6) is 5.75 Å². The Balaban J connectivity index is 0.00000316. The normalized spacial score (nSPS) is 14.2. The number of aliphatic hydroxyl groups excluding tert-OH is 1. The van der Waals surface area contributed by atoms with Gasteiger partial charge in [-0.2, -0.15) is 4.98 Å². The molecule has 0 aliphatic rings. The number of para-hydroxylation sites is 1. The van der Waals surface area contributed by atoms with E-state index in [2.05, 4.69) is 10.1 Å². The van der Waals surface area contributed by atoms with Crippen molar-refractivity contribution >= 4 is 20.3 Å². The number of methoxy groups -OCH3 is 1. The largest absolute Gasteiger partial charge is 0.462 e. The molecule has 1 heterocycles. The quantitative estimate of drug-likeness (QED) is 0.248. The second-order valence-electron chi connectivity index (χ2n) is 8.09. The standard InChI is InChI=1S/C23H35N4O6P.CH4O/c1-6-23(30-5,13-15-27-14-12-20(24)25-22(27)29)16-31-34(33-19-10-8-7-9-11-19)26-18(4)21(28)32-17(2)3;1-2/h7-12,14,17-18,26H,6,13,15-16H2,1-5H3,(H2,24,25,29);2H,1H3/t18?,23-,34-;/m0./s1. The highest BCUT2D eigenvalue weighted by Crippen LogP contribution is 2.38. The number of aromatic nitrogens is 2. The van der Waals surface area contributed by atoms with Gasteiger partial charge in [-0.3, -0.25) is 9.36 Å². The second-order valence-corrected chi connectivity index (χ2v) is 9.30. The first kappa shape index (κ1) is 31.5. The van der Waals surface area contributed by atoms with Crippen LogP contribution in [0.25, 0.3) is 0 Å². The van der Waals surface area contributed by atoms with Gasteiger partial charge in [0.2, 0.25) is 0 Å². The zero-order chi connectivity index (χ0) is 27.1.